The number of aliphatic hydroxyl groups excluding tert-OH is 1. The Morgan fingerprint density at radius 1 is 1.12 bits per heavy atom. The Labute approximate surface area is 102 Å². The minimum Gasteiger partial charge on any atom is -1.00 e. The minimum atomic E-state index is 0. The summed E-state index contributed by atoms with van der Waals surface area (Å²) in [5, 5.41) is 7.57. The van der Waals surface area contributed by atoms with Crippen LogP contribution >= 0.6 is 0 Å². The summed E-state index contributed by atoms with van der Waals surface area (Å²) in [6.45, 7) is 1.93. The van der Waals surface area contributed by atoms with Gasteiger partial charge in [-0.15, -0.1) is 0 Å². The van der Waals surface area contributed by atoms with Crippen LogP contribution in [0.5, 0.6) is 0 Å². The minimum absolute atomic E-state index is 0. The molecule has 0 unspecified atom stereocenters. The Morgan fingerprint density at radius 2 is 1.12 bits per heavy atom. The van der Waals surface area contributed by atoms with Gasteiger partial charge in [0.1, 0.15) is 0 Å². The fraction of sp³-hybridized carbons (Fsp3) is 1.00. The first-order valence-corrected chi connectivity index (χ1v) is 1.02. The number of halogens is 2. The second kappa shape index (κ2) is 63.4. The molecular weight excluding hydrogens is 280 g/mol. The summed E-state index contributed by atoms with van der Waals surface area (Å²) in [6, 6.07) is 0. The average Bonchev–Trinajstić information content (AvgIpc) is 0.918. The molecule has 0 aliphatic heterocycles. The Morgan fingerprint density at radius 3 is 1.12 bits per heavy atom. The Balaban J connectivity index is -0.00000000200. The van der Waals surface area contributed by atoms with E-state index in [1.165, 1.54) is 0 Å². The van der Waals surface area contributed by atoms with Gasteiger partial charge in [-0.3, -0.25) is 0 Å². The van der Waals surface area contributed by atoms with Crippen molar-refractivity contribution in [2.45, 2.75) is 6.92 Å². The largest absolute Gasteiger partial charge is 2.00 e. The van der Waals surface area contributed by atoms with Gasteiger partial charge in [-0.1, -0.05) is 0 Å². The van der Waals surface area contributed by atoms with Gasteiger partial charge in [0.2, 0.25) is 0 Å². The third-order valence-electron chi connectivity index (χ3n) is 0. The molecule has 0 radical (unpaired) electrons. The summed E-state index contributed by atoms with van der Waals surface area (Å²) in [5.74, 6) is 0. The van der Waals surface area contributed by atoms with Gasteiger partial charge in [0.15, 0.2) is 0 Å². The summed E-state index contributed by atoms with van der Waals surface area (Å²) in [5.41, 5.74) is 0. The third kappa shape index (κ3) is 96.2. The maximum absolute atomic E-state index is 7.57. The van der Waals surface area contributed by atoms with Crippen LogP contribution in [0.1, 0.15) is 6.92 Å². The molecule has 8 heavy (non-hydrogen) atoms. The number of hydrogen-bond donors (Lipinski definition) is 1. The Kier molecular flexibility index (Phi) is 399. The summed E-state index contributed by atoms with van der Waals surface area (Å²) < 4.78 is 0. The monoisotopic (exact) mass is 290 g/mol. The van der Waals surface area contributed by atoms with E-state index in [1.807, 2.05) is 0 Å². The topological polar surface area (TPSA) is 83.2 Å². The van der Waals surface area contributed by atoms with E-state index in [0.29, 0.717) is 0 Å². The van der Waals surface area contributed by atoms with E-state index in [0.717, 1.165) is 0 Å². The van der Waals surface area contributed by atoms with Gasteiger partial charge in [0.25, 0.3) is 0 Å². The molecule has 0 atom stereocenters. The molecule has 0 amide bonds. The third-order valence-corrected chi connectivity index (χ3v) is 0. The van der Waals surface area contributed by atoms with Crippen molar-refractivity contribution in [1.82, 2.24) is 0 Å². The van der Waals surface area contributed by atoms with E-state index >= 15 is 0 Å². The van der Waals surface area contributed by atoms with Crippen molar-refractivity contribution in [3.63, 3.8) is 0 Å². The molecule has 0 rings (SSSR count). The van der Waals surface area contributed by atoms with Gasteiger partial charge in [-0.05, 0) is 6.92 Å². The zero-order valence-electron chi connectivity index (χ0n) is 4.62. The summed E-state index contributed by atoms with van der Waals surface area (Å²) in [7, 11) is 0. The molecule has 0 fully saturated rings. The van der Waals surface area contributed by atoms with E-state index in [9.17, 15) is 0 Å². The number of aliphatic hydroxyl groups is 1. The molecule has 3 nitrogen and oxygen atoms in total. The quantitative estimate of drug-likeness (QED) is 0.442. The molecule has 0 aromatic heterocycles. The zero-order valence-corrected chi connectivity index (χ0v) is 10.6. The van der Waals surface area contributed by atoms with Crippen molar-refractivity contribution in [3.8, 4) is 0 Å². The fourth-order valence-electron chi connectivity index (χ4n) is 0. The van der Waals surface area contributed by atoms with Crippen LogP contribution in [0.4, 0.5) is 0 Å². The molecule has 0 aliphatic carbocycles. The maximum atomic E-state index is 7.57. The molecule has 52 valence electrons. The summed E-state index contributed by atoms with van der Waals surface area (Å²) in [4.78, 5) is 0. The van der Waals surface area contributed by atoms with Crippen LogP contribution in [0.25, 0.3) is 0 Å². The van der Waals surface area contributed by atoms with Crippen LogP contribution < -0.4 is 24.8 Å². The standard InChI is InChI=1S/C2H6O.Ba.2ClH.2H2O/c1-2-3;;;;;/h3H,2H2,1H3;;2*1H;2*1H2/q;+2;;;;/p-2. The Hall–Kier alpha value is 2.03. The first-order valence-electron chi connectivity index (χ1n) is 1.02. The normalized spacial score (nSPS) is 2.25. The van der Waals surface area contributed by atoms with Gasteiger partial charge in [0.05, 0.1) is 0 Å². The van der Waals surface area contributed by atoms with Crippen LogP contribution in [0, 0.1) is 0 Å². The van der Waals surface area contributed by atoms with Crippen LogP contribution in [0.15, 0.2) is 0 Å². The molecule has 0 aromatic rings. The second-order valence-corrected chi connectivity index (χ2v) is 0.316. The molecular formula is C2H10BaCl2O3. The van der Waals surface area contributed by atoms with Gasteiger partial charge in [0, 0.05) is 6.61 Å². The maximum Gasteiger partial charge on any atom is 2.00 e. The van der Waals surface area contributed by atoms with Crippen molar-refractivity contribution in [2.75, 3.05) is 6.61 Å². The van der Waals surface area contributed by atoms with Crippen LogP contribution in [-0.2, 0) is 0 Å². The van der Waals surface area contributed by atoms with E-state index in [4.69, 9.17) is 5.11 Å². The first-order chi connectivity index (χ1) is 1.41. The van der Waals surface area contributed by atoms with E-state index in [2.05, 4.69) is 0 Å². The van der Waals surface area contributed by atoms with Crippen molar-refractivity contribution < 1.29 is 40.9 Å². The van der Waals surface area contributed by atoms with E-state index < -0.39 is 0 Å². The predicted octanol–water partition coefficient (Wildman–Crippen LogP) is -8.02. The Bertz CT molecular complexity index is 15.2. The molecule has 0 aliphatic rings. The van der Waals surface area contributed by atoms with Gasteiger partial charge in [-0.2, -0.15) is 0 Å². The summed E-state index contributed by atoms with van der Waals surface area (Å²) >= 11 is 0. The van der Waals surface area contributed by atoms with Crippen molar-refractivity contribution in [3.05, 3.63) is 0 Å². The van der Waals surface area contributed by atoms with Gasteiger partial charge >= 0.3 is 48.9 Å². The van der Waals surface area contributed by atoms with Crippen molar-refractivity contribution >= 4 is 48.9 Å². The number of rotatable bonds is 0. The molecule has 6 heteroatoms. The van der Waals surface area contributed by atoms with E-state index in [-0.39, 0.29) is 91.3 Å². The van der Waals surface area contributed by atoms with Crippen LogP contribution in [0.2, 0.25) is 0 Å². The number of hydrogen-bond acceptors (Lipinski definition) is 1. The SMILES string of the molecule is CCO.O.O.[Ba+2].[Cl-].[Cl-]. The van der Waals surface area contributed by atoms with Crippen LogP contribution in [0.3, 0.4) is 0 Å². The van der Waals surface area contributed by atoms with Crippen LogP contribution in [-0.4, -0.2) is 71.5 Å². The average molecular weight is 290 g/mol. The van der Waals surface area contributed by atoms with Crippen molar-refractivity contribution in [1.29, 1.82) is 0 Å². The van der Waals surface area contributed by atoms with Crippen molar-refractivity contribution in [2.24, 2.45) is 0 Å². The molecule has 0 spiro atoms. The molecule has 0 bridgehead atoms. The molecule has 0 heterocycles. The molecule has 0 saturated carbocycles. The molecule has 5 N–H and O–H groups in total. The zero-order chi connectivity index (χ0) is 2.71. The molecule has 0 aromatic carbocycles. The van der Waals surface area contributed by atoms with Gasteiger partial charge < -0.3 is 40.9 Å². The smallest absolute Gasteiger partial charge is 1.00 e. The van der Waals surface area contributed by atoms with Gasteiger partial charge in [-0.25, -0.2) is 0 Å². The van der Waals surface area contributed by atoms with E-state index in [1.54, 1.807) is 6.92 Å². The second-order valence-electron chi connectivity index (χ2n) is 0.316. The first kappa shape index (κ1) is 50.3. The fourth-order valence-corrected chi connectivity index (χ4v) is 0. The predicted molar refractivity (Wildman–Crippen MR) is 25.7 cm³/mol. The summed E-state index contributed by atoms with van der Waals surface area (Å²) in [6.07, 6.45) is 0. The molecule has 0 saturated heterocycles.